The molecule has 8 nitrogen and oxygen atoms in total. The van der Waals surface area contributed by atoms with Gasteiger partial charge >= 0.3 is 0 Å². The molecule has 0 aliphatic carbocycles. The number of benzene rings is 2. The topological polar surface area (TPSA) is 80.1 Å². The van der Waals surface area contributed by atoms with Crippen molar-refractivity contribution in [3.8, 4) is 11.5 Å². The number of amides is 1. The summed E-state index contributed by atoms with van der Waals surface area (Å²) in [5, 5.41) is 2.91. The maximum absolute atomic E-state index is 12.5. The lowest BCUT2D eigenvalue weighted by Crippen LogP contribution is -2.45. The molecule has 1 aromatic heterocycles. The molecule has 3 aromatic rings. The second-order valence-electron chi connectivity index (χ2n) is 8.57. The average molecular weight is 479 g/mol. The van der Waals surface area contributed by atoms with Crippen molar-refractivity contribution in [2.24, 2.45) is 0 Å². The Morgan fingerprint density at radius 2 is 1.74 bits per heavy atom. The van der Waals surface area contributed by atoms with Crippen molar-refractivity contribution >= 4 is 5.91 Å². The van der Waals surface area contributed by atoms with Gasteiger partial charge in [-0.1, -0.05) is 30.3 Å². The molecule has 1 aliphatic rings. The molecule has 2 aromatic carbocycles. The first-order chi connectivity index (χ1) is 17.1. The van der Waals surface area contributed by atoms with Gasteiger partial charge in [0.15, 0.2) is 5.69 Å². The first-order valence-corrected chi connectivity index (χ1v) is 12.2. The molecule has 186 valence electrons. The number of ether oxygens (including phenoxy) is 2. The van der Waals surface area contributed by atoms with Crippen LogP contribution < -0.4 is 14.8 Å². The lowest BCUT2D eigenvalue weighted by atomic mass is 10.1. The zero-order valence-corrected chi connectivity index (χ0v) is 20.5. The van der Waals surface area contributed by atoms with Gasteiger partial charge < -0.3 is 19.2 Å². The zero-order valence-electron chi connectivity index (χ0n) is 20.5. The third-order valence-corrected chi connectivity index (χ3v) is 6.12. The Morgan fingerprint density at radius 1 is 1.03 bits per heavy atom. The van der Waals surface area contributed by atoms with Crippen LogP contribution in [0.25, 0.3) is 0 Å². The number of piperazine rings is 1. The molecule has 0 bridgehead atoms. The van der Waals surface area contributed by atoms with Crippen LogP contribution in [0.2, 0.25) is 0 Å². The fraction of sp³-hybridized carbons (Fsp3) is 0.407. The van der Waals surface area contributed by atoms with Gasteiger partial charge in [-0.2, -0.15) is 0 Å². The maximum atomic E-state index is 12.5. The normalized spacial score (nSPS) is 14.6. The molecule has 1 saturated heterocycles. The molecule has 0 saturated carbocycles. The first-order valence-electron chi connectivity index (χ1n) is 12.2. The van der Waals surface area contributed by atoms with Crippen molar-refractivity contribution in [2.75, 3.05) is 46.4 Å². The molecule has 8 heteroatoms. The molecule has 0 unspecified atom stereocenters. The second kappa shape index (κ2) is 12.4. The van der Waals surface area contributed by atoms with Gasteiger partial charge in [-0.3, -0.25) is 14.6 Å². The van der Waals surface area contributed by atoms with Crippen molar-refractivity contribution in [3.63, 3.8) is 0 Å². The van der Waals surface area contributed by atoms with E-state index in [1.54, 1.807) is 7.11 Å². The number of nitrogens with zero attached hydrogens (tertiary/aromatic N) is 3. The number of carbonyl (C=O) groups excluding carboxylic acids is 1. The highest BCUT2D eigenvalue weighted by Crippen LogP contribution is 2.18. The lowest BCUT2D eigenvalue weighted by Gasteiger charge is -2.34. The van der Waals surface area contributed by atoms with Crippen LogP contribution in [-0.2, 0) is 19.5 Å². The predicted molar refractivity (Wildman–Crippen MR) is 134 cm³/mol. The quantitative estimate of drug-likeness (QED) is 0.453. The van der Waals surface area contributed by atoms with E-state index in [0.717, 1.165) is 49.8 Å². The molecule has 1 aliphatic heterocycles. The molecule has 1 amide bonds. The van der Waals surface area contributed by atoms with Crippen LogP contribution in [0.4, 0.5) is 0 Å². The fourth-order valence-electron chi connectivity index (χ4n) is 4.21. The van der Waals surface area contributed by atoms with E-state index in [1.165, 1.54) is 11.8 Å². The summed E-state index contributed by atoms with van der Waals surface area (Å²) in [6.45, 7) is 8.52. The minimum Gasteiger partial charge on any atom is -0.496 e. The first kappa shape index (κ1) is 24.8. The summed E-state index contributed by atoms with van der Waals surface area (Å²) in [7, 11) is 1.65. The van der Waals surface area contributed by atoms with Crippen LogP contribution >= 0.6 is 0 Å². The maximum Gasteiger partial charge on any atom is 0.273 e. The summed E-state index contributed by atoms with van der Waals surface area (Å²) in [5.74, 6) is 2.08. The monoisotopic (exact) mass is 478 g/mol. The summed E-state index contributed by atoms with van der Waals surface area (Å²) < 4.78 is 16.5. The van der Waals surface area contributed by atoms with Crippen molar-refractivity contribution in [1.82, 2.24) is 20.1 Å². The highest BCUT2D eigenvalue weighted by Gasteiger charge is 2.20. The molecular weight excluding hydrogens is 444 g/mol. The third kappa shape index (κ3) is 7.07. The predicted octanol–water partition coefficient (Wildman–Crippen LogP) is 3.37. The third-order valence-electron chi connectivity index (χ3n) is 6.12. The molecule has 1 N–H and O–H groups in total. The fourth-order valence-corrected chi connectivity index (χ4v) is 4.21. The minimum absolute atomic E-state index is 0.227. The molecule has 2 heterocycles. The Hall–Kier alpha value is -3.36. The Labute approximate surface area is 206 Å². The van der Waals surface area contributed by atoms with Crippen LogP contribution in [0, 0.1) is 0 Å². The van der Waals surface area contributed by atoms with E-state index in [2.05, 4.69) is 32.2 Å². The standard InChI is InChI=1S/C27H34N4O4/c1-3-34-23-10-8-21(9-11-23)18-30-14-16-31(17-15-30)19-26-29-24(20-35-26)27(32)28-13-12-22-6-4-5-7-25(22)33-2/h4-11,20H,3,12-19H2,1-2H3,(H,28,32). The molecule has 0 spiro atoms. The molecular formula is C27H34N4O4. The van der Waals surface area contributed by atoms with Crippen LogP contribution in [0.1, 0.15) is 34.4 Å². The highest BCUT2D eigenvalue weighted by atomic mass is 16.5. The van der Waals surface area contributed by atoms with Gasteiger partial charge in [-0.25, -0.2) is 4.98 Å². The minimum atomic E-state index is -0.227. The van der Waals surface area contributed by atoms with Crippen LogP contribution in [0.15, 0.2) is 59.2 Å². The van der Waals surface area contributed by atoms with Gasteiger partial charge in [-0.05, 0) is 42.7 Å². The number of oxazole rings is 1. The van der Waals surface area contributed by atoms with Crippen LogP contribution in [0.5, 0.6) is 11.5 Å². The van der Waals surface area contributed by atoms with E-state index in [1.807, 2.05) is 43.3 Å². The van der Waals surface area contributed by atoms with Gasteiger partial charge in [-0.15, -0.1) is 0 Å². The smallest absolute Gasteiger partial charge is 0.273 e. The number of nitrogens with one attached hydrogen (secondary N) is 1. The van der Waals surface area contributed by atoms with Crippen molar-refractivity contribution < 1.29 is 18.7 Å². The van der Waals surface area contributed by atoms with Crippen molar-refractivity contribution in [1.29, 1.82) is 0 Å². The molecule has 0 atom stereocenters. The van der Waals surface area contributed by atoms with Gasteiger partial charge in [0.2, 0.25) is 5.89 Å². The molecule has 0 radical (unpaired) electrons. The Balaban J connectivity index is 1.19. The van der Waals surface area contributed by atoms with Crippen molar-refractivity contribution in [2.45, 2.75) is 26.4 Å². The van der Waals surface area contributed by atoms with Gasteiger partial charge in [0, 0.05) is 39.3 Å². The van der Waals surface area contributed by atoms with Crippen LogP contribution in [-0.4, -0.2) is 67.1 Å². The highest BCUT2D eigenvalue weighted by molar-refractivity contribution is 5.91. The second-order valence-corrected chi connectivity index (χ2v) is 8.57. The number of carbonyl (C=O) groups is 1. The molecule has 4 rings (SSSR count). The van der Waals surface area contributed by atoms with E-state index in [0.29, 0.717) is 37.7 Å². The Bertz CT molecular complexity index is 1070. The average Bonchev–Trinajstić information content (AvgIpc) is 3.35. The number of rotatable bonds is 11. The number of para-hydroxylation sites is 1. The Morgan fingerprint density at radius 3 is 2.46 bits per heavy atom. The zero-order chi connectivity index (χ0) is 24.5. The Kier molecular flexibility index (Phi) is 8.75. The summed E-state index contributed by atoms with van der Waals surface area (Å²) in [6.07, 6.45) is 2.12. The van der Waals surface area contributed by atoms with E-state index >= 15 is 0 Å². The summed E-state index contributed by atoms with van der Waals surface area (Å²) in [4.78, 5) is 21.6. The molecule has 1 fully saturated rings. The number of hydrogen-bond donors (Lipinski definition) is 1. The van der Waals surface area contributed by atoms with Crippen LogP contribution in [0.3, 0.4) is 0 Å². The summed E-state index contributed by atoms with van der Waals surface area (Å²) in [6, 6.07) is 16.1. The summed E-state index contributed by atoms with van der Waals surface area (Å²) >= 11 is 0. The van der Waals surface area contributed by atoms with E-state index in [9.17, 15) is 4.79 Å². The van der Waals surface area contributed by atoms with Gasteiger partial charge in [0.1, 0.15) is 17.8 Å². The van der Waals surface area contributed by atoms with Crippen molar-refractivity contribution in [3.05, 3.63) is 77.5 Å². The number of aromatic nitrogens is 1. The number of hydrogen-bond acceptors (Lipinski definition) is 7. The largest absolute Gasteiger partial charge is 0.496 e. The van der Waals surface area contributed by atoms with E-state index in [4.69, 9.17) is 13.9 Å². The van der Waals surface area contributed by atoms with Gasteiger partial charge in [0.25, 0.3) is 5.91 Å². The molecule has 35 heavy (non-hydrogen) atoms. The van der Waals surface area contributed by atoms with E-state index < -0.39 is 0 Å². The van der Waals surface area contributed by atoms with E-state index in [-0.39, 0.29) is 5.91 Å². The van der Waals surface area contributed by atoms with Gasteiger partial charge in [0.05, 0.1) is 20.3 Å². The lowest BCUT2D eigenvalue weighted by molar-refractivity contribution is 0.0948. The summed E-state index contributed by atoms with van der Waals surface area (Å²) in [5.41, 5.74) is 2.66. The number of methoxy groups -OCH3 is 1. The SMILES string of the molecule is CCOc1ccc(CN2CCN(Cc3nc(C(=O)NCCc4ccccc4OC)co3)CC2)cc1.